The Morgan fingerprint density at radius 3 is 3.00 bits per heavy atom. The molecule has 0 aliphatic heterocycles. The topological polar surface area (TPSA) is 48.1 Å². The summed E-state index contributed by atoms with van der Waals surface area (Å²) in [6, 6.07) is 2.25. The zero-order chi connectivity index (χ0) is 11.1. The number of methoxy groups -OCH3 is 1. The summed E-state index contributed by atoms with van der Waals surface area (Å²) in [6.07, 6.45) is 6.51. The lowest BCUT2D eigenvalue weighted by molar-refractivity contribution is 0.190. The first-order chi connectivity index (χ1) is 7.22. The second-order valence-electron chi connectivity index (χ2n) is 3.61. The van der Waals surface area contributed by atoms with Crippen molar-refractivity contribution in [3.8, 4) is 0 Å². The number of nitrogens with zero attached hydrogens (tertiary/aromatic N) is 1. The van der Waals surface area contributed by atoms with Crippen LogP contribution in [0.3, 0.4) is 0 Å². The molecule has 0 saturated carbocycles. The summed E-state index contributed by atoms with van der Waals surface area (Å²) in [4.78, 5) is 4.11. The van der Waals surface area contributed by atoms with Crippen LogP contribution >= 0.6 is 15.9 Å². The molecule has 84 valence electrons. The van der Waals surface area contributed by atoms with Crippen LogP contribution in [-0.4, -0.2) is 24.7 Å². The average molecular weight is 273 g/mol. The number of pyridine rings is 1. The van der Waals surface area contributed by atoms with Crippen molar-refractivity contribution >= 4 is 15.9 Å². The fraction of sp³-hybridized carbons (Fsp3) is 0.545. The molecule has 4 heteroatoms. The number of hydrogen-bond acceptors (Lipinski definition) is 3. The molecular weight excluding hydrogens is 256 g/mol. The summed E-state index contributed by atoms with van der Waals surface area (Å²) in [7, 11) is 1.71. The van der Waals surface area contributed by atoms with E-state index in [9.17, 15) is 0 Å². The third-order valence-corrected chi connectivity index (χ3v) is 2.62. The lowest BCUT2D eigenvalue weighted by atomic mass is 10.0. The monoisotopic (exact) mass is 272 g/mol. The van der Waals surface area contributed by atoms with Crippen molar-refractivity contribution < 1.29 is 4.74 Å². The van der Waals surface area contributed by atoms with Crippen LogP contribution in [-0.2, 0) is 11.2 Å². The smallest absolute Gasteiger partial charge is 0.0462 e. The molecule has 1 aromatic rings. The van der Waals surface area contributed by atoms with Crippen molar-refractivity contribution in [2.24, 2.45) is 5.73 Å². The largest absolute Gasteiger partial charge is 0.385 e. The van der Waals surface area contributed by atoms with Gasteiger partial charge in [0.2, 0.25) is 0 Å². The predicted octanol–water partition coefficient (Wildman–Crippen LogP) is 2.14. The van der Waals surface area contributed by atoms with Gasteiger partial charge in [-0.15, -0.1) is 0 Å². The fourth-order valence-corrected chi connectivity index (χ4v) is 1.87. The van der Waals surface area contributed by atoms with E-state index in [0.29, 0.717) is 0 Å². The highest BCUT2D eigenvalue weighted by molar-refractivity contribution is 9.10. The SMILES string of the molecule is COCCCC(N)Cc1cncc(Br)c1. The maximum Gasteiger partial charge on any atom is 0.0462 e. The molecule has 1 aromatic heterocycles. The second-order valence-corrected chi connectivity index (χ2v) is 4.53. The minimum absolute atomic E-state index is 0.191. The molecule has 0 saturated heterocycles. The van der Waals surface area contributed by atoms with Gasteiger partial charge in [-0.3, -0.25) is 4.98 Å². The first-order valence-corrected chi connectivity index (χ1v) is 5.85. The molecule has 1 atom stereocenters. The number of nitrogens with two attached hydrogens (primary N) is 1. The molecule has 0 spiro atoms. The van der Waals surface area contributed by atoms with E-state index in [-0.39, 0.29) is 6.04 Å². The van der Waals surface area contributed by atoms with Crippen molar-refractivity contribution in [3.63, 3.8) is 0 Å². The van der Waals surface area contributed by atoms with Crippen LogP contribution in [0.2, 0.25) is 0 Å². The van der Waals surface area contributed by atoms with Gasteiger partial charge in [0, 0.05) is 36.6 Å². The summed E-state index contributed by atoms with van der Waals surface area (Å²) in [6.45, 7) is 0.782. The van der Waals surface area contributed by atoms with Gasteiger partial charge in [0.05, 0.1) is 0 Å². The van der Waals surface area contributed by atoms with Crippen molar-refractivity contribution in [1.29, 1.82) is 0 Å². The van der Waals surface area contributed by atoms with Gasteiger partial charge in [0.25, 0.3) is 0 Å². The molecule has 15 heavy (non-hydrogen) atoms. The van der Waals surface area contributed by atoms with E-state index < -0.39 is 0 Å². The van der Waals surface area contributed by atoms with Gasteiger partial charge >= 0.3 is 0 Å². The molecule has 2 N–H and O–H groups in total. The van der Waals surface area contributed by atoms with Crippen molar-refractivity contribution in [1.82, 2.24) is 4.98 Å². The second kappa shape index (κ2) is 6.93. The lowest BCUT2D eigenvalue weighted by Crippen LogP contribution is -2.23. The standard InChI is InChI=1S/C11H17BrN2O/c1-15-4-2-3-11(13)6-9-5-10(12)8-14-7-9/h5,7-8,11H,2-4,6,13H2,1H3. The lowest BCUT2D eigenvalue weighted by Gasteiger charge is -2.10. The average Bonchev–Trinajstić information content (AvgIpc) is 2.18. The Morgan fingerprint density at radius 2 is 2.33 bits per heavy atom. The van der Waals surface area contributed by atoms with Crippen molar-refractivity contribution in [2.45, 2.75) is 25.3 Å². The molecule has 0 aromatic carbocycles. The van der Waals surface area contributed by atoms with Crippen LogP contribution in [0.4, 0.5) is 0 Å². The number of rotatable bonds is 6. The highest BCUT2D eigenvalue weighted by Crippen LogP contribution is 2.12. The molecule has 0 aliphatic carbocycles. The number of aromatic nitrogens is 1. The molecule has 0 bridgehead atoms. The van der Waals surface area contributed by atoms with Crippen LogP contribution < -0.4 is 5.73 Å². The van der Waals surface area contributed by atoms with Crippen LogP contribution in [0, 0.1) is 0 Å². The third kappa shape index (κ3) is 5.25. The minimum Gasteiger partial charge on any atom is -0.385 e. The Labute approximate surface area is 99.2 Å². The highest BCUT2D eigenvalue weighted by atomic mass is 79.9. The van der Waals surface area contributed by atoms with Gasteiger partial charge in [-0.1, -0.05) is 0 Å². The highest BCUT2D eigenvalue weighted by Gasteiger charge is 2.04. The molecule has 0 aliphatic rings. The Kier molecular flexibility index (Phi) is 5.83. The van der Waals surface area contributed by atoms with Gasteiger partial charge in [-0.25, -0.2) is 0 Å². The van der Waals surface area contributed by atoms with Crippen LogP contribution in [0.15, 0.2) is 22.9 Å². The summed E-state index contributed by atoms with van der Waals surface area (Å²) in [5.41, 5.74) is 7.17. The van der Waals surface area contributed by atoms with E-state index in [1.54, 1.807) is 13.3 Å². The van der Waals surface area contributed by atoms with E-state index in [2.05, 4.69) is 27.0 Å². The Hall–Kier alpha value is -0.450. The van der Waals surface area contributed by atoms with Crippen LogP contribution in [0.1, 0.15) is 18.4 Å². The Bertz CT molecular complexity index is 294. The van der Waals surface area contributed by atoms with Crippen LogP contribution in [0.5, 0.6) is 0 Å². The molecule has 1 rings (SSSR count). The quantitative estimate of drug-likeness (QED) is 0.808. The van der Waals surface area contributed by atoms with E-state index in [4.69, 9.17) is 10.5 Å². The number of ether oxygens (including phenoxy) is 1. The van der Waals surface area contributed by atoms with Gasteiger partial charge in [-0.05, 0) is 46.8 Å². The van der Waals surface area contributed by atoms with E-state index in [1.807, 2.05) is 6.20 Å². The third-order valence-electron chi connectivity index (χ3n) is 2.18. The molecule has 0 fully saturated rings. The van der Waals surface area contributed by atoms with Crippen molar-refractivity contribution in [2.75, 3.05) is 13.7 Å². The van der Waals surface area contributed by atoms with E-state index >= 15 is 0 Å². The van der Waals surface area contributed by atoms with Gasteiger partial charge in [0.15, 0.2) is 0 Å². The Morgan fingerprint density at radius 1 is 1.53 bits per heavy atom. The van der Waals surface area contributed by atoms with E-state index in [0.717, 1.165) is 30.3 Å². The van der Waals surface area contributed by atoms with Gasteiger partial charge in [0.1, 0.15) is 0 Å². The molecule has 0 amide bonds. The maximum absolute atomic E-state index is 6.00. The summed E-state index contributed by atoms with van der Waals surface area (Å²) >= 11 is 3.39. The van der Waals surface area contributed by atoms with E-state index in [1.165, 1.54) is 5.56 Å². The summed E-state index contributed by atoms with van der Waals surface area (Å²) in [5.74, 6) is 0. The zero-order valence-corrected chi connectivity index (χ0v) is 10.5. The molecule has 3 nitrogen and oxygen atoms in total. The van der Waals surface area contributed by atoms with Gasteiger partial charge in [-0.2, -0.15) is 0 Å². The number of hydrogen-bond donors (Lipinski definition) is 1. The van der Waals surface area contributed by atoms with Gasteiger partial charge < -0.3 is 10.5 Å². The van der Waals surface area contributed by atoms with Crippen molar-refractivity contribution in [3.05, 3.63) is 28.5 Å². The molecule has 0 radical (unpaired) electrons. The molecular formula is C11H17BrN2O. The van der Waals surface area contributed by atoms with Crippen LogP contribution in [0.25, 0.3) is 0 Å². The molecule has 1 unspecified atom stereocenters. The molecule has 1 heterocycles. The Balaban J connectivity index is 2.34. The first-order valence-electron chi connectivity index (χ1n) is 5.06. The number of halogens is 1. The predicted molar refractivity (Wildman–Crippen MR) is 64.7 cm³/mol. The summed E-state index contributed by atoms with van der Waals surface area (Å²) in [5, 5.41) is 0. The fourth-order valence-electron chi connectivity index (χ4n) is 1.46. The summed E-state index contributed by atoms with van der Waals surface area (Å²) < 4.78 is 5.99. The first kappa shape index (κ1) is 12.6. The zero-order valence-electron chi connectivity index (χ0n) is 8.95. The normalized spacial score (nSPS) is 12.7. The maximum atomic E-state index is 6.00. The minimum atomic E-state index is 0.191.